The van der Waals surface area contributed by atoms with Crippen LogP contribution in [0.5, 0.6) is 0 Å². The summed E-state index contributed by atoms with van der Waals surface area (Å²) in [5.41, 5.74) is 2.12. The molecule has 0 spiro atoms. The molecule has 9 nitrogen and oxygen atoms in total. The number of fused-ring (bicyclic) bond motifs is 3. The van der Waals surface area contributed by atoms with Crippen LogP contribution in [0, 0.1) is 12.7 Å². The molecule has 3 aliphatic rings. The fourth-order valence-electron chi connectivity index (χ4n) is 4.58. The molecule has 0 aliphatic carbocycles. The molecule has 0 unspecified atom stereocenters. The van der Waals surface area contributed by atoms with E-state index in [0.29, 0.717) is 31.2 Å². The van der Waals surface area contributed by atoms with Crippen LogP contribution in [0.1, 0.15) is 35.6 Å². The molecule has 6 rings (SSSR count). The molecule has 0 amide bonds. The largest absolute Gasteiger partial charge is 0.460 e. The first-order valence-corrected chi connectivity index (χ1v) is 12.5. The number of piperidine rings is 1. The van der Waals surface area contributed by atoms with Gasteiger partial charge in [-0.05, 0) is 43.5 Å². The molecule has 2 atom stereocenters. The van der Waals surface area contributed by atoms with Gasteiger partial charge in [0.25, 0.3) is 0 Å². The van der Waals surface area contributed by atoms with Crippen LogP contribution in [0.2, 0.25) is 0 Å². The number of carbonyl (C=O) groups is 1. The molecule has 2 N–H and O–H groups in total. The Morgan fingerprint density at radius 3 is 2.71 bits per heavy atom. The lowest BCUT2D eigenvalue weighted by atomic mass is 9.96. The zero-order valence-electron chi connectivity index (χ0n) is 18.5. The van der Waals surface area contributed by atoms with Crippen LogP contribution in [-0.2, 0) is 32.5 Å². The number of hydrogen-bond acceptors (Lipinski definition) is 7. The second-order valence-electron chi connectivity index (χ2n) is 8.76. The van der Waals surface area contributed by atoms with E-state index in [0.717, 1.165) is 30.0 Å². The summed E-state index contributed by atoms with van der Waals surface area (Å²) in [6.45, 7) is 2.91. The maximum atomic E-state index is 15.0. The molecule has 0 radical (unpaired) electrons. The highest BCUT2D eigenvalue weighted by atomic mass is 32.2. The molecule has 178 valence electrons. The average Bonchev–Trinajstić information content (AvgIpc) is 3.15. The number of ether oxygens (including phenoxy) is 1. The summed E-state index contributed by atoms with van der Waals surface area (Å²) in [4.78, 5) is 18.5. The highest BCUT2D eigenvalue weighted by molar-refractivity contribution is 7.89. The maximum Gasteiger partial charge on any atom is 0.323 e. The van der Waals surface area contributed by atoms with E-state index in [9.17, 15) is 13.2 Å². The van der Waals surface area contributed by atoms with Gasteiger partial charge in [0.15, 0.2) is 5.82 Å². The third-order valence-corrected chi connectivity index (χ3v) is 7.09. The van der Waals surface area contributed by atoms with Crippen molar-refractivity contribution in [2.75, 3.05) is 6.54 Å². The Bertz CT molecular complexity index is 1370. The van der Waals surface area contributed by atoms with Crippen molar-refractivity contribution in [3.8, 4) is 5.69 Å². The monoisotopic (exact) mass is 485 g/mol. The van der Waals surface area contributed by atoms with Crippen LogP contribution in [0.15, 0.2) is 47.4 Å². The summed E-state index contributed by atoms with van der Waals surface area (Å²) in [6, 6.07) is 11.0. The Labute approximate surface area is 196 Å². The number of esters is 1. The van der Waals surface area contributed by atoms with Crippen molar-refractivity contribution < 1.29 is 22.3 Å². The lowest BCUT2D eigenvalue weighted by Gasteiger charge is -2.42. The van der Waals surface area contributed by atoms with Gasteiger partial charge in [-0.15, -0.1) is 5.10 Å². The Kier molecular flexibility index (Phi) is 5.70. The molecule has 11 heteroatoms. The van der Waals surface area contributed by atoms with Crippen molar-refractivity contribution >= 4 is 16.0 Å². The minimum Gasteiger partial charge on any atom is -0.460 e. The molecule has 3 aliphatic heterocycles. The second kappa shape index (κ2) is 8.57. The summed E-state index contributed by atoms with van der Waals surface area (Å²) >= 11 is 0. The van der Waals surface area contributed by atoms with Gasteiger partial charge < -0.3 is 4.74 Å². The molecule has 2 bridgehead atoms. The zero-order chi connectivity index (χ0) is 24.0. The van der Waals surface area contributed by atoms with E-state index >= 15 is 4.39 Å². The third kappa shape index (κ3) is 4.46. The molecule has 1 aromatic heterocycles. The molecule has 3 saturated heterocycles. The van der Waals surface area contributed by atoms with Crippen molar-refractivity contribution in [2.45, 2.75) is 49.8 Å². The van der Waals surface area contributed by atoms with Crippen LogP contribution in [0.4, 0.5) is 4.39 Å². The lowest BCUT2D eigenvalue weighted by Crippen LogP contribution is -2.56. The molecule has 4 heterocycles. The van der Waals surface area contributed by atoms with E-state index < -0.39 is 15.8 Å². The van der Waals surface area contributed by atoms with Gasteiger partial charge in [0.1, 0.15) is 29.5 Å². The fraction of sp³-hybridized carbons (Fsp3) is 0.348. The number of aryl methyl sites for hydroxylation is 1. The summed E-state index contributed by atoms with van der Waals surface area (Å²) in [7, 11) is -4.05. The predicted octanol–water partition coefficient (Wildman–Crippen LogP) is 1.84. The number of carbonyl (C=O) groups excluding carboxylic acids is 1. The van der Waals surface area contributed by atoms with Crippen LogP contribution in [0.3, 0.4) is 0 Å². The number of benzene rings is 2. The highest BCUT2D eigenvalue weighted by Gasteiger charge is 2.42. The second-order valence-corrected chi connectivity index (χ2v) is 10.3. The van der Waals surface area contributed by atoms with Gasteiger partial charge in [-0.3, -0.25) is 9.69 Å². The van der Waals surface area contributed by atoms with E-state index in [2.05, 4.69) is 10.1 Å². The number of halogens is 1. The molecule has 0 saturated carbocycles. The number of sulfonamides is 1. The third-order valence-electron chi connectivity index (χ3n) is 6.18. The molecule has 3 fully saturated rings. The van der Waals surface area contributed by atoms with E-state index in [1.807, 2.05) is 36.1 Å². The highest BCUT2D eigenvalue weighted by Crippen LogP contribution is 2.29. The Hall–Kier alpha value is -3.15. The quantitative estimate of drug-likeness (QED) is 0.529. The smallest absolute Gasteiger partial charge is 0.323 e. The van der Waals surface area contributed by atoms with Crippen molar-refractivity contribution in [1.82, 2.24) is 19.7 Å². The molecular formula is C23H24FN5O4S. The summed E-state index contributed by atoms with van der Waals surface area (Å²) in [5.74, 6) is -0.0776. The van der Waals surface area contributed by atoms with Gasteiger partial charge in [0.2, 0.25) is 10.0 Å². The van der Waals surface area contributed by atoms with E-state index in [4.69, 9.17) is 9.88 Å². The molecular weight excluding hydrogens is 461 g/mol. The minimum atomic E-state index is -4.05. The maximum absolute atomic E-state index is 15.0. The topological polar surface area (TPSA) is 120 Å². The van der Waals surface area contributed by atoms with Crippen LogP contribution >= 0.6 is 0 Å². The van der Waals surface area contributed by atoms with Crippen molar-refractivity contribution in [1.29, 1.82) is 0 Å². The van der Waals surface area contributed by atoms with Gasteiger partial charge in [-0.1, -0.05) is 29.8 Å². The van der Waals surface area contributed by atoms with E-state index in [1.54, 1.807) is 0 Å². The predicted molar refractivity (Wildman–Crippen MR) is 120 cm³/mol. The number of morpholine rings is 1. The first-order valence-electron chi connectivity index (χ1n) is 10.9. The number of nitrogens with zero attached hydrogens (tertiary/aromatic N) is 4. The zero-order valence-corrected chi connectivity index (χ0v) is 19.3. The van der Waals surface area contributed by atoms with Crippen molar-refractivity contribution in [3.05, 3.63) is 71.1 Å². The van der Waals surface area contributed by atoms with Gasteiger partial charge in [0.05, 0.1) is 11.4 Å². The van der Waals surface area contributed by atoms with E-state index in [-0.39, 0.29) is 28.7 Å². The number of primary sulfonamides is 1. The standard InChI is InChI=1S/C23H24FN5O4S/c1-14-3-2-4-15(9-14)10-22-26-21(13-28-12-16-5-7-20(28)23(30)33-16)27-29(22)19-8-6-17(11-18(19)24)34(25,31)32/h2-4,6,8-9,11,16,20H,5,7,10,12-13H2,1H3,(H2,25,31,32)/t16-,20-/m0/s1. The number of hydrogen-bond donors (Lipinski definition) is 1. The summed E-state index contributed by atoms with van der Waals surface area (Å²) in [6.07, 6.45) is 1.83. The molecule has 2 aromatic carbocycles. The van der Waals surface area contributed by atoms with Crippen LogP contribution in [0.25, 0.3) is 5.69 Å². The molecule has 3 aromatic rings. The Morgan fingerprint density at radius 1 is 1.21 bits per heavy atom. The summed E-state index contributed by atoms with van der Waals surface area (Å²) < 4.78 is 45.0. The normalized spacial score (nSPS) is 20.5. The van der Waals surface area contributed by atoms with Gasteiger partial charge in [-0.2, -0.15) is 0 Å². The van der Waals surface area contributed by atoms with Crippen molar-refractivity contribution in [2.24, 2.45) is 5.14 Å². The first-order chi connectivity index (χ1) is 16.2. The number of rotatable bonds is 6. The van der Waals surface area contributed by atoms with Gasteiger partial charge >= 0.3 is 5.97 Å². The first kappa shape index (κ1) is 22.6. The van der Waals surface area contributed by atoms with Crippen LogP contribution < -0.4 is 5.14 Å². The Balaban J connectivity index is 1.52. The average molecular weight is 486 g/mol. The fourth-order valence-corrected chi connectivity index (χ4v) is 5.10. The van der Waals surface area contributed by atoms with Gasteiger partial charge in [0, 0.05) is 13.0 Å². The van der Waals surface area contributed by atoms with E-state index in [1.165, 1.54) is 16.8 Å². The summed E-state index contributed by atoms with van der Waals surface area (Å²) in [5, 5.41) is 9.68. The SMILES string of the molecule is Cc1cccc(Cc2nc(CN3C[C@@H]4CC[C@H]3C(=O)O4)nn2-c2ccc(S(N)(=O)=O)cc2F)c1. The number of nitrogens with two attached hydrogens (primary N) is 1. The van der Waals surface area contributed by atoms with Crippen LogP contribution in [-0.4, -0.2) is 52.7 Å². The minimum absolute atomic E-state index is 0.0633. The molecule has 34 heavy (non-hydrogen) atoms. The van der Waals surface area contributed by atoms with Gasteiger partial charge in [-0.25, -0.2) is 27.6 Å². The Morgan fingerprint density at radius 2 is 2.03 bits per heavy atom. The van der Waals surface area contributed by atoms with Crippen molar-refractivity contribution in [3.63, 3.8) is 0 Å². The lowest BCUT2D eigenvalue weighted by molar-refractivity contribution is -0.176. The number of aromatic nitrogens is 3.